The fourth-order valence-corrected chi connectivity index (χ4v) is 3.17. The summed E-state index contributed by atoms with van der Waals surface area (Å²) in [5.41, 5.74) is 0.839. The Morgan fingerprint density at radius 1 is 1.26 bits per heavy atom. The van der Waals surface area contributed by atoms with Gasteiger partial charge in [-0.15, -0.1) is 10.2 Å². The molecule has 4 rings (SSSR count). The number of aromatic nitrogens is 5. The van der Waals surface area contributed by atoms with E-state index < -0.39 is 25.4 Å². The third-order valence-corrected chi connectivity index (χ3v) is 4.90. The maximum absolute atomic E-state index is 12.7. The zero-order valence-corrected chi connectivity index (χ0v) is 17.9. The van der Waals surface area contributed by atoms with Crippen molar-refractivity contribution < 1.29 is 28.3 Å². The average Bonchev–Trinajstić information content (AvgIpc) is 3.57. The first-order valence-electron chi connectivity index (χ1n) is 11.6. The van der Waals surface area contributed by atoms with E-state index in [0.717, 1.165) is 17.6 Å². The lowest BCUT2D eigenvalue weighted by atomic mass is 10.1. The molecule has 0 spiro atoms. The number of nitrogens with zero attached hydrogens (tertiary/aromatic N) is 5. The molecule has 0 bridgehead atoms. The summed E-state index contributed by atoms with van der Waals surface area (Å²) < 4.78 is 27.5. The Hall–Kier alpha value is -4.55. The number of nitrogens with one attached hydrogen (secondary N) is 3. The molecular weight excluding hydrogens is 444 g/mol. The molecular formula is C21H22N8O5. The summed E-state index contributed by atoms with van der Waals surface area (Å²) in [7, 11) is 1.40. The van der Waals surface area contributed by atoms with Crippen LogP contribution in [0.1, 0.15) is 27.4 Å². The number of rotatable bonds is 9. The van der Waals surface area contributed by atoms with Gasteiger partial charge in [-0.1, -0.05) is 6.07 Å². The molecule has 176 valence electrons. The van der Waals surface area contributed by atoms with Gasteiger partial charge >= 0.3 is 5.97 Å². The Kier molecular flexibility index (Phi) is 5.31. The van der Waals surface area contributed by atoms with Gasteiger partial charge in [-0.05, 0) is 25.0 Å². The van der Waals surface area contributed by atoms with Crippen LogP contribution in [0.15, 0.2) is 30.5 Å². The molecule has 1 aromatic carbocycles. The van der Waals surface area contributed by atoms with E-state index in [2.05, 4.69) is 31.0 Å². The van der Waals surface area contributed by atoms with Crippen LogP contribution in [-0.2, 0) is 16.1 Å². The average molecular weight is 469 g/mol. The topological polar surface area (TPSA) is 173 Å². The molecule has 3 aromatic rings. The van der Waals surface area contributed by atoms with Crippen molar-refractivity contribution in [1.82, 2.24) is 30.5 Å². The van der Waals surface area contributed by atoms with Crippen molar-refractivity contribution in [2.24, 2.45) is 5.92 Å². The molecule has 2 aromatic heterocycles. The summed E-state index contributed by atoms with van der Waals surface area (Å²) in [6.07, 6.45) is 2.91. The predicted octanol–water partition coefficient (Wildman–Crippen LogP) is 1.28. The number of carbonyl (C=O) groups is 3. The van der Waals surface area contributed by atoms with Gasteiger partial charge in [-0.25, -0.2) is 0 Å². The molecule has 0 unspecified atom stereocenters. The van der Waals surface area contributed by atoms with Crippen LogP contribution in [0.25, 0.3) is 11.3 Å². The van der Waals surface area contributed by atoms with Crippen LogP contribution in [0, 0.1) is 5.92 Å². The monoisotopic (exact) mass is 469 g/mol. The van der Waals surface area contributed by atoms with Gasteiger partial charge in [0.05, 0.1) is 24.7 Å². The molecule has 1 aliphatic carbocycles. The van der Waals surface area contributed by atoms with E-state index in [9.17, 15) is 14.4 Å². The summed E-state index contributed by atoms with van der Waals surface area (Å²) in [6, 6.07) is 6.31. The van der Waals surface area contributed by atoms with Crippen LogP contribution < -0.4 is 20.7 Å². The predicted molar refractivity (Wildman–Crippen MR) is 120 cm³/mol. The van der Waals surface area contributed by atoms with Crippen molar-refractivity contribution in [3.05, 3.63) is 36.2 Å². The summed E-state index contributed by atoms with van der Waals surface area (Å²) in [5, 5.41) is 32.2. The van der Waals surface area contributed by atoms with Crippen molar-refractivity contribution >= 4 is 35.0 Å². The number of methoxy groups -OCH3 is 1. The Bertz CT molecular complexity index is 1360. The van der Waals surface area contributed by atoms with Crippen LogP contribution in [0.3, 0.4) is 0 Å². The van der Waals surface area contributed by atoms with Crippen LogP contribution in [0.2, 0.25) is 0 Å². The van der Waals surface area contributed by atoms with E-state index in [-0.39, 0.29) is 34.8 Å². The van der Waals surface area contributed by atoms with Gasteiger partial charge < -0.3 is 25.8 Å². The Labute approximate surface area is 197 Å². The van der Waals surface area contributed by atoms with E-state index in [1.165, 1.54) is 19.4 Å². The van der Waals surface area contributed by atoms with Gasteiger partial charge in [0.2, 0.25) is 5.91 Å². The smallest absolute Gasteiger partial charge is 0.327 e. The Balaban J connectivity index is 1.70. The third-order valence-electron chi connectivity index (χ3n) is 4.90. The van der Waals surface area contributed by atoms with E-state index in [4.69, 9.17) is 14.0 Å². The number of benzene rings is 1. The van der Waals surface area contributed by atoms with Gasteiger partial charge in [0.1, 0.15) is 5.69 Å². The quantitative estimate of drug-likeness (QED) is 0.357. The number of carboxylic acid groups (broad SMARTS) is 1. The fraction of sp³-hybridized carbons (Fsp3) is 0.286. The number of carbonyl (C=O) groups excluding carboxylic acids is 2. The Morgan fingerprint density at radius 3 is 2.79 bits per heavy atom. The molecule has 0 saturated heterocycles. The number of ether oxygens (including phenoxy) is 1. The molecule has 13 nitrogen and oxygen atoms in total. The second-order valence-electron chi connectivity index (χ2n) is 7.37. The highest BCUT2D eigenvalue weighted by molar-refractivity contribution is 6.00. The first-order valence-corrected chi connectivity index (χ1v) is 10.1. The lowest BCUT2D eigenvalue weighted by Gasteiger charge is -2.16. The van der Waals surface area contributed by atoms with Gasteiger partial charge in [-0.3, -0.25) is 14.4 Å². The number of amides is 2. The summed E-state index contributed by atoms with van der Waals surface area (Å²) in [5.74, 6) is -2.12. The van der Waals surface area contributed by atoms with E-state index in [1.54, 1.807) is 18.2 Å². The van der Waals surface area contributed by atoms with Gasteiger partial charge in [-0.2, -0.15) is 15.0 Å². The second kappa shape index (κ2) is 9.52. The van der Waals surface area contributed by atoms with Crippen molar-refractivity contribution in [2.75, 3.05) is 24.7 Å². The number of hydrogen-bond acceptors (Lipinski definition) is 9. The minimum Gasteiger partial charge on any atom is -0.494 e. The first kappa shape index (κ1) is 19.0. The van der Waals surface area contributed by atoms with Gasteiger partial charge in [0.25, 0.3) is 5.91 Å². The van der Waals surface area contributed by atoms with Crippen molar-refractivity contribution in [2.45, 2.75) is 19.4 Å². The molecule has 1 fully saturated rings. The van der Waals surface area contributed by atoms with E-state index in [1.807, 2.05) is 5.32 Å². The molecule has 2 amide bonds. The van der Waals surface area contributed by atoms with E-state index >= 15 is 0 Å². The van der Waals surface area contributed by atoms with Crippen molar-refractivity contribution in [3.63, 3.8) is 0 Å². The maximum Gasteiger partial charge on any atom is 0.327 e. The van der Waals surface area contributed by atoms with E-state index in [0.29, 0.717) is 16.9 Å². The molecule has 0 aliphatic heterocycles. The van der Waals surface area contributed by atoms with Gasteiger partial charge in [0, 0.05) is 28.6 Å². The van der Waals surface area contributed by atoms with Crippen LogP contribution in [0.5, 0.6) is 5.75 Å². The minimum absolute atomic E-state index is 0.0489. The SMILES string of the molecule is [2H]C([2H])([2H])NC(=O)c1nnc(NC(=O)C2CC2)cc1Nc1cccc(-c2cnn(CC(=O)O)n2)c1OC. The van der Waals surface area contributed by atoms with Gasteiger partial charge in [0.15, 0.2) is 23.8 Å². The molecule has 4 N–H and O–H groups in total. The number of carboxylic acids is 1. The fourth-order valence-electron chi connectivity index (χ4n) is 3.17. The lowest BCUT2D eigenvalue weighted by molar-refractivity contribution is -0.138. The molecule has 0 radical (unpaired) electrons. The maximum atomic E-state index is 12.7. The number of anilines is 3. The first-order chi connectivity index (χ1) is 17.5. The zero-order valence-electron chi connectivity index (χ0n) is 20.9. The summed E-state index contributed by atoms with van der Waals surface area (Å²) >= 11 is 0. The molecule has 2 heterocycles. The summed E-state index contributed by atoms with van der Waals surface area (Å²) in [6.45, 7) is -3.20. The standard InChI is InChI=1S/C21H22N8O5/c1-22-21(33)18-14(8-16(26-27-18)25-20(32)11-6-7-11)24-13-5-3-4-12(19(13)34-2)15-9-23-29(28-15)10-17(30)31/h3-5,8-9,11H,6-7,10H2,1-2H3,(H,22,33)(H,30,31)(H2,24,25,26,32)/i1D3. The molecule has 1 saturated carbocycles. The normalized spacial score (nSPS) is 14.3. The zero-order chi connectivity index (χ0) is 26.7. The minimum atomic E-state index is -2.77. The largest absolute Gasteiger partial charge is 0.494 e. The molecule has 34 heavy (non-hydrogen) atoms. The lowest BCUT2D eigenvalue weighted by Crippen LogP contribution is -2.22. The number of hydrogen-bond donors (Lipinski definition) is 4. The molecule has 1 aliphatic rings. The van der Waals surface area contributed by atoms with Crippen LogP contribution in [0.4, 0.5) is 17.2 Å². The highest BCUT2D eigenvalue weighted by Gasteiger charge is 2.30. The second-order valence-corrected chi connectivity index (χ2v) is 7.37. The third kappa shape index (κ3) is 4.92. The summed E-state index contributed by atoms with van der Waals surface area (Å²) in [4.78, 5) is 36.8. The highest BCUT2D eigenvalue weighted by atomic mass is 16.5. The van der Waals surface area contributed by atoms with Crippen LogP contribution in [-0.4, -0.2) is 62.2 Å². The number of para-hydroxylation sites is 1. The number of aliphatic carboxylic acids is 1. The van der Waals surface area contributed by atoms with Crippen molar-refractivity contribution in [1.29, 1.82) is 0 Å². The molecule has 13 heteroatoms. The highest BCUT2D eigenvalue weighted by Crippen LogP contribution is 2.37. The van der Waals surface area contributed by atoms with Crippen molar-refractivity contribution in [3.8, 4) is 17.0 Å². The van der Waals surface area contributed by atoms with Crippen LogP contribution >= 0.6 is 0 Å². The Morgan fingerprint density at radius 2 is 2.09 bits per heavy atom. The molecule has 0 atom stereocenters.